The molecule has 0 saturated heterocycles. The first-order chi connectivity index (χ1) is 8.75. The molecule has 88 valence electrons. The first kappa shape index (κ1) is 10.7. The second-order valence-electron chi connectivity index (χ2n) is 4.04. The van der Waals surface area contributed by atoms with Crippen molar-refractivity contribution in [3.63, 3.8) is 0 Å². The molecule has 0 fully saturated rings. The summed E-state index contributed by atoms with van der Waals surface area (Å²) in [5, 5.41) is 10.8. The molecule has 0 atom stereocenters. The van der Waals surface area contributed by atoms with E-state index in [0.29, 0.717) is 5.56 Å². The molecule has 2 aromatic carbocycles. The molecule has 0 spiro atoms. The molecule has 0 radical (unpaired) electrons. The van der Waals surface area contributed by atoms with Crippen molar-refractivity contribution in [1.29, 1.82) is 0 Å². The molecule has 0 aliphatic carbocycles. The predicted molar refractivity (Wildman–Crippen MR) is 68.8 cm³/mol. The monoisotopic (exact) mass is 239 g/mol. The maximum atomic E-state index is 13.3. The number of benzene rings is 2. The number of halogens is 1. The van der Waals surface area contributed by atoms with Crippen LogP contribution in [0.25, 0.3) is 22.0 Å². The van der Waals surface area contributed by atoms with Crippen molar-refractivity contribution in [2.75, 3.05) is 0 Å². The highest BCUT2D eigenvalue weighted by Gasteiger charge is 2.09. The molecular formula is C15H10FNO. The molecule has 18 heavy (non-hydrogen) atoms. The minimum Gasteiger partial charge on any atom is -0.507 e. The van der Waals surface area contributed by atoms with Gasteiger partial charge in [-0.1, -0.05) is 18.2 Å². The number of hydrogen-bond acceptors (Lipinski definition) is 2. The highest BCUT2D eigenvalue weighted by atomic mass is 19.1. The summed E-state index contributed by atoms with van der Waals surface area (Å²) in [5.74, 6) is -0.309. The lowest BCUT2D eigenvalue weighted by molar-refractivity contribution is 0.475. The van der Waals surface area contributed by atoms with Crippen LogP contribution in [-0.2, 0) is 0 Å². The van der Waals surface area contributed by atoms with Gasteiger partial charge < -0.3 is 5.11 Å². The minimum absolute atomic E-state index is 0.0627. The summed E-state index contributed by atoms with van der Waals surface area (Å²) in [6.07, 6.45) is 1.71. The zero-order valence-corrected chi connectivity index (χ0v) is 9.47. The fraction of sp³-hybridized carbons (Fsp3) is 0. The van der Waals surface area contributed by atoms with Crippen LogP contribution in [0.15, 0.2) is 54.7 Å². The highest BCUT2D eigenvalue weighted by molar-refractivity contribution is 5.95. The summed E-state index contributed by atoms with van der Waals surface area (Å²) in [6.45, 7) is 0. The number of aromatic nitrogens is 1. The Kier molecular flexibility index (Phi) is 2.45. The second kappa shape index (κ2) is 4.11. The average molecular weight is 239 g/mol. The largest absolute Gasteiger partial charge is 0.507 e. The molecule has 2 nitrogen and oxygen atoms in total. The van der Waals surface area contributed by atoms with E-state index in [1.54, 1.807) is 6.20 Å². The van der Waals surface area contributed by atoms with Gasteiger partial charge in [0.25, 0.3) is 0 Å². The van der Waals surface area contributed by atoms with Crippen LogP contribution in [0.3, 0.4) is 0 Å². The number of nitrogens with zero attached hydrogens (tertiary/aromatic N) is 1. The van der Waals surface area contributed by atoms with Crippen LogP contribution in [0.4, 0.5) is 4.39 Å². The number of phenolic OH excluding ortho intramolecular Hbond substituents is 1. The van der Waals surface area contributed by atoms with Crippen LogP contribution < -0.4 is 0 Å². The Hall–Kier alpha value is -2.42. The smallest absolute Gasteiger partial charge is 0.124 e. The predicted octanol–water partition coefficient (Wildman–Crippen LogP) is 3.75. The summed E-state index contributed by atoms with van der Waals surface area (Å²) in [5.41, 5.74) is 2.07. The first-order valence-electron chi connectivity index (χ1n) is 5.58. The van der Waals surface area contributed by atoms with Crippen molar-refractivity contribution in [2.24, 2.45) is 0 Å². The standard InChI is InChI=1S/C15H10FNO/c16-10-6-7-15(18)13(9-10)11-3-1-5-14-12(11)4-2-8-17-14/h1-9,18H. The maximum Gasteiger partial charge on any atom is 0.124 e. The third kappa shape index (κ3) is 1.70. The lowest BCUT2D eigenvalue weighted by Gasteiger charge is -2.08. The number of phenols is 1. The quantitative estimate of drug-likeness (QED) is 0.701. The summed E-state index contributed by atoms with van der Waals surface area (Å²) in [6, 6.07) is 13.2. The summed E-state index contributed by atoms with van der Waals surface area (Å²) < 4.78 is 13.3. The van der Waals surface area contributed by atoms with Gasteiger partial charge >= 0.3 is 0 Å². The molecule has 1 N–H and O–H groups in total. The number of pyridine rings is 1. The third-order valence-electron chi connectivity index (χ3n) is 2.89. The van der Waals surface area contributed by atoms with Crippen molar-refractivity contribution in [3.05, 3.63) is 60.5 Å². The van der Waals surface area contributed by atoms with Crippen LogP contribution in [-0.4, -0.2) is 10.1 Å². The van der Waals surface area contributed by atoms with Crippen molar-refractivity contribution < 1.29 is 9.50 Å². The van der Waals surface area contributed by atoms with E-state index in [4.69, 9.17) is 0 Å². The fourth-order valence-corrected chi connectivity index (χ4v) is 2.06. The van der Waals surface area contributed by atoms with Gasteiger partial charge in [0.05, 0.1) is 5.52 Å². The molecule has 0 aliphatic heterocycles. The SMILES string of the molecule is Oc1ccc(F)cc1-c1cccc2ncccc12. The Morgan fingerprint density at radius 3 is 2.72 bits per heavy atom. The van der Waals surface area contributed by atoms with Crippen molar-refractivity contribution in [3.8, 4) is 16.9 Å². The van der Waals surface area contributed by atoms with E-state index in [0.717, 1.165) is 16.5 Å². The van der Waals surface area contributed by atoms with E-state index in [2.05, 4.69) is 4.98 Å². The van der Waals surface area contributed by atoms with Gasteiger partial charge in [0, 0.05) is 17.1 Å². The maximum absolute atomic E-state index is 13.3. The number of aromatic hydroxyl groups is 1. The van der Waals surface area contributed by atoms with E-state index in [1.165, 1.54) is 18.2 Å². The van der Waals surface area contributed by atoms with Crippen LogP contribution >= 0.6 is 0 Å². The molecule has 3 rings (SSSR count). The highest BCUT2D eigenvalue weighted by Crippen LogP contribution is 2.34. The van der Waals surface area contributed by atoms with E-state index in [1.807, 2.05) is 30.3 Å². The molecule has 1 heterocycles. The van der Waals surface area contributed by atoms with Gasteiger partial charge in [-0.25, -0.2) is 4.39 Å². The molecule has 0 aliphatic rings. The van der Waals surface area contributed by atoms with Gasteiger partial charge in [0.1, 0.15) is 11.6 Å². The topological polar surface area (TPSA) is 33.1 Å². The van der Waals surface area contributed by atoms with Crippen LogP contribution in [0, 0.1) is 5.82 Å². The Bertz CT molecular complexity index is 719. The second-order valence-corrected chi connectivity index (χ2v) is 4.04. The number of fused-ring (bicyclic) bond motifs is 1. The lowest BCUT2D eigenvalue weighted by atomic mass is 10.00. The van der Waals surface area contributed by atoms with Gasteiger partial charge in [-0.3, -0.25) is 4.98 Å². The minimum atomic E-state index is -0.372. The van der Waals surface area contributed by atoms with E-state index in [9.17, 15) is 9.50 Å². The van der Waals surface area contributed by atoms with E-state index in [-0.39, 0.29) is 11.6 Å². The van der Waals surface area contributed by atoms with Gasteiger partial charge in [0.15, 0.2) is 0 Å². The summed E-state index contributed by atoms with van der Waals surface area (Å²) in [4.78, 5) is 4.24. The van der Waals surface area contributed by atoms with Crippen molar-refractivity contribution >= 4 is 10.9 Å². The number of hydrogen-bond donors (Lipinski definition) is 1. The van der Waals surface area contributed by atoms with Gasteiger partial charge in [-0.2, -0.15) is 0 Å². The Labute approximate surface area is 103 Å². The Balaban J connectivity index is 2.35. The van der Waals surface area contributed by atoms with E-state index < -0.39 is 0 Å². The molecular weight excluding hydrogens is 229 g/mol. The molecule has 3 aromatic rings. The summed E-state index contributed by atoms with van der Waals surface area (Å²) >= 11 is 0. The average Bonchev–Trinajstić information content (AvgIpc) is 2.41. The lowest BCUT2D eigenvalue weighted by Crippen LogP contribution is -1.85. The molecule has 0 bridgehead atoms. The molecule has 0 amide bonds. The first-order valence-corrected chi connectivity index (χ1v) is 5.58. The van der Waals surface area contributed by atoms with Gasteiger partial charge in [-0.05, 0) is 35.9 Å². The Morgan fingerprint density at radius 2 is 1.83 bits per heavy atom. The number of rotatable bonds is 1. The molecule has 0 saturated carbocycles. The summed E-state index contributed by atoms with van der Waals surface area (Å²) in [7, 11) is 0. The fourth-order valence-electron chi connectivity index (χ4n) is 2.06. The van der Waals surface area contributed by atoms with Crippen LogP contribution in [0.1, 0.15) is 0 Å². The Morgan fingerprint density at radius 1 is 0.944 bits per heavy atom. The van der Waals surface area contributed by atoms with Crippen molar-refractivity contribution in [1.82, 2.24) is 4.98 Å². The third-order valence-corrected chi connectivity index (χ3v) is 2.89. The van der Waals surface area contributed by atoms with Crippen LogP contribution in [0.5, 0.6) is 5.75 Å². The normalized spacial score (nSPS) is 10.7. The van der Waals surface area contributed by atoms with Gasteiger partial charge in [0.2, 0.25) is 0 Å². The zero-order valence-electron chi connectivity index (χ0n) is 9.47. The van der Waals surface area contributed by atoms with E-state index >= 15 is 0 Å². The molecule has 3 heteroatoms. The molecule has 0 unspecified atom stereocenters. The van der Waals surface area contributed by atoms with Gasteiger partial charge in [-0.15, -0.1) is 0 Å². The van der Waals surface area contributed by atoms with Crippen LogP contribution in [0.2, 0.25) is 0 Å². The van der Waals surface area contributed by atoms with Crippen molar-refractivity contribution in [2.45, 2.75) is 0 Å². The zero-order chi connectivity index (χ0) is 12.5. The molecule has 1 aromatic heterocycles.